The number of amides is 2. The van der Waals surface area contributed by atoms with Crippen molar-refractivity contribution in [2.24, 2.45) is 0 Å². The third-order valence-corrected chi connectivity index (χ3v) is 5.72. The smallest absolute Gasteiger partial charge is 0.290 e. The number of methoxy groups -OCH3 is 1. The Labute approximate surface area is 192 Å². The first-order valence-electron chi connectivity index (χ1n) is 10.9. The number of likely N-dealkylation sites (N-methyl/N-ethyl adjacent to an activating group) is 1. The first-order chi connectivity index (χ1) is 16.1. The van der Waals surface area contributed by atoms with Crippen molar-refractivity contribution in [2.75, 3.05) is 51.3 Å². The predicted molar refractivity (Wildman–Crippen MR) is 123 cm³/mol. The number of anilines is 1. The lowest BCUT2D eigenvalue weighted by Gasteiger charge is -2.36. The van der Waals surface area contributed by atoms with Crippen molar-refractivity contribution in [1.29, 1.82) is 0 Å². The maximum atomic E-state index is 12.8. The van der Waals surface area contributed by atoms with E-state index >= 15 is 0 Å². The molecule has 1 fully saturated rings. The van der Waals surface area contributed by atoms with E-state index < -0.39 is 0 Å². The first kappa shape index (κ1) is 22.3. The van der Waals surface area contributed by atoms with Gasteiger partial charge in [0.15, 0.2) is 11.6 Å². The molecule has 2 aromatic heterocycles. The summed E-state index contributed by atoms with van der Waals surface area (Å²) in [6.07, 6.45) is 1.45. The molecule has 3 heterocycles. The van der Waals surface area contributed by atoms with E-state index in [-0.39, 0.29) is 24.1 Å². The van der Waals surface area contributed by atoms with Gasteiger partial charge < -0.3 is 23.9 Å². The monoisotopic (exact) mass is 449 g/mol. The number of benzene rings is 1. The van der Waals surface area contributed by atoms with E-state index in [0.717, 1.165) is 22.8 Å². The molecule has 3 aromatic rings. The fourth-order valence-corrected chi connectivity index (χ4v) is 3.74. The molecule has 1 aliphatic heterocycles. The predicted octanol–water partition coefficient (Wildman–Crippen LogP) is 2.56. The molecular formula is C24H27N5O4. The molecular weight excluding hydrogens is 422 g/mol. The normalized spacial score (nSPS) is 13.6. The molecule has 172 valence electrons. The van der Waals surface area contributed by atoms with Crippen LogP contribution in [-0.4, -0.2) is 78.2 Å². The van der Waals surface area contributed by atoms with Crippen LogP contribution in [-0.2, 0) is 4.79 Å². The van der Waals surface area contributed by atoms with Crippen LogP contribution in [0.15, 0.2) is 59.2 Å². The Hall–Kier alpha value is -3.88. The van der Waals surface area contributed by atoms with Gasteiger partial charge in [-0.1, -0.05) is 0 Å². The van der Waals surface area contributed by atoms with E-state index in [9.17, 15) is 9.59 Å². The lowest BCUT2D eigenvalue weighted by Crippen LogP contribution is -2.52. The van der Waals surface area contributed by atoms with E-state index in [0.29, 0.717) is 32.7 Å². The second-order valence-electron chi connectivity index (χ2n) is 7.67. The Kier molecular flexibility index (Phi) is 6.87. The summed E-state index contributed by atoms with van der Waals surface area (Å²) in [6.45, 7) is 4.75. The maximum absolute atomic E-state index is 12.8. The van der Waals surface area contributed by atoms with E-state index in [1.54, 1.807) is 24.1 Å². The van der Waals surface area contributed by atoms with Crippen molar-refractivity contribution in [2.45, 2.75) is 6.92 Å². The molecule has 4 rings (SSSR count). The highest BCUT2D eigenvalue weighted by Crippen LogP contribution is 2.22. The van der Waals surface area contributed by atoms with Gasteiger partial charge in [-0.15, -0.1) is 10.2 Å². The van der Waals surface area contributed by atoms with Gasteiger partial charge in [-0.3, -0.25) is 9.59 Å². The van der Waals surface area contributed by atoms with Gasteiger partial charge in [0, 0.05) is 38.3 Å². The lowest BCUT2D eigenvalue weighted by molar-refractivity contribution is -0.132. The van der Waals surface area contributed by atoms with E-state index in [4.69, 9.17) is 9.15 Å². The molecule has 2 amide bonds. The first-order valence-corrected chi connectivity index (χ1v) is 10.9. The highest BCUT2D eigenvalue weighted by atomic mass is 16.5. The number of carbonyl (C=O) groups is 2. The van der Waals surface area contributed by atoms with Crippen LogP contribution >= 0.6 is 0 Å². The van der Waals surface area contributed by atoms with E-state index in [2.05, 4.69) is 15.1 Å². The average molecular weight is 450 g/mol. The number of piperazine rings is 1. The number of aromatic nitrogens is 2. The standard InChI is InChI=1S/C24H27N5O4/c1-3-27(24(31)21-5-4-16-33-21)17-23(30)29-14-12-28(13-15-29)22-11-10-20(25-26-22)18-6-8-19(32-2)9-7-18/h4-11,16H,3,12-15,17H2,1-2H3. The van der Waals surface area contributed by atoms with Gasteiger partial charge in [0.25, 0.3) is 5.91 Å². The topological polar surface area (TPSA) is 92.0 Å². The second kappa shape index (κ2) is 10.2. The number of hydrogen-bond acceptors (Lipinski definition) is 7. The maximum Gasteiger partial charge on any atom is 0.290 e. The third kappa shape index (κ3) is 5.14. The van der Waals surface area contributed by atoms with Crippen LogP contribution in [0.2, 0.25) is 0 Å². The van der Waals surface area contributed by atoms with Crippen molar-refractivity contribution in [3.63, 3.8) is 0 Å². The summed E-state index contributed by atoms with van der Waals surface area (Å²) in [5, 5.41) is 8.74. The average Bonchev–Trinajstić information content (AvgIpc) is 3.42. The minimum absolute atomic E-state index is 0.0341. The fourth-order valence-electron chi connectivity index (χ4n) is 3.74. The van der Waals surface area contributed by atoms with Crippen LogP contribution in [0.5, 0.6) is 5.75 Å². The van der Waals surface area contributed by atoms with Crippen LogP contribution in [0.25, 0.3) is 11.3 Å². The summed E-state index contributed by atoms with van der Waals surface area (Å²) in [6, 6.07) is 14.8. The molecule has 9 heteroatoms. The summed E-state index contributed by atoms with van der Waals surface area (Å²) in [7, 11) is 1.64. The van der Waals surface area contributed by atoms with E-state index in [1.807, 2.05) is 43.3 Å². The number of hydrogen-bond donors (Lipinski definition) is 0. The van der Waals surface area contributed by atoms with Crippen molar-refractivity contribution in [3.8, 4) is 17.0 Å². The largest absolute Gasteiger partial charge is 0.497 e. The molecule has 1 saturated heterocycles. The van der Waals surface area contributed by atoms with Crippen LogP contribution < -0.4 is 9.64 Å². The van der Waals surface area contributed by atoms with Gasteiger partial charge in [0.2, 0.25) is 5.91 Å². The number of nitrogens with zero attached hydrogens (tertiary/aromatic N) is 5. The Morgan fingerprint density at radius 3 is 2.36 bits per heavy atom. The quantitative estimate of drug-likeness (QED) is 0.547. The molecule has 1 aromatic carbocycles. The summed E-state index contributed by atoms with van der Waals surface area (Å²) < 4.78 is 10.4. The van der Waals surface area contributed by atoms with Crippen LogP contribution in [0, 0.1) is 0 Å². The second-order valence-corrected chi connectivity index (χ2v) is 7.67. The molecule has 33 heavy (non-hydrogen) atoms. The van der Waals surface area contributed by atoms with Crippen LogP contribution in [0.3, 0.4) is 0 Å². The zero-order valence-corrected chi connectivity index (χ0v) is 18.8. The number of ether oxygens (including phenoxy) is 1. The molecule has 0 radical (unpaired) electrons. The van der Waals surface area contributed by atoms with Gasteiger partial charge >= 0.3 is 0 Å². The number of carbonyl (C=O) groups excluding carboxylic acids is 2. The van der Waals surface area contributed by atoms with E-state index in [1.165, 1.54) is 11.2 Å². The van der Waals surface area contributed by atoms with Gasteiger partial charge in [-0.05, 0) is 55.5 Å². The number of furan rings is 1. The summed E-state index contributed by atoms with van der Waals surface area (Å²) >= 11 is 0. The SMILES string of the molecule is CCN(CC(=O)N1CCN(c2ccc(-c3ccc(OC)cc3)nn2)CC1)C(=O)c1ccco1. The fraction of sp³-hybridized carbons (Fsp3) is 0.333. The van der Waals surface area contributed by atoms with Crippen LogP contribution in [0.4, 0.5) is 5.82 Å². The van der Waals surface area contributed by atoms with Gasteiger partial charge in [0.1, 0.15) is 12.3 Å². The van der Waals surface area contributed by atoms with Crippen molar-refractivity contribution in [3.05, 3.63) is 60.6 Å². The number of rotatable bonds is 7. The molecule has 0 spiro atoms. The Bertz CT molecular complexity index is 1060. The van der Waals surface area contributed by atoms with Gasteiger partial charge in [0.05, 0.1) is 19.1 Å². The Morgan fingerprint density at radius 2 is 1.79 bits per heavy atom. The highest BCUT2D eigenvalue weighted by Gasteiger charge is 2.26. The molecule has 0 aliphatic carbocycles. The van der Waals surface area contributed by atoms with Gasteiger partial charge in [-0.25, -0.2) is 0 Å². The minimum atomic E-state index is -0.276. The highest BCUT2D eigenvalue weighted by molar-refractivity contribution is 5.94. The summed E-state index contributed by atoms with van der Waals surface area (Å²) in [4.78, 5) is 30.7. The molecule has 0 unspecified atom stereocenters. The molecule has 0 bridgehead atoms. The molecule has 9 nitrogen and oxygen atoms in total. The van der Waals surface area contributed by atoms with Crippen LogP contribution in [0.1, 0.15) is 17.5 Å². The summed E-state index contributed by atoms with van der Waals surface area (Å²) in [5.41, 5.74) is 1.76. The third-order valence-electron chi connectivity index (χ3n) is 5.72. The zero-order valence-electron chi connectivity index (χ0n) is 18.8. The Morgan fingerprint density at radius 1 is 1.03 bits per heavy atom. The lowest BCUT2D eigenvalue weighted by atomic mass is 10.1. The molecule has 0 atom stereocenters. The molecule has 0 N–H and O–H groups in total. The molecule has 0 saturated carbocycles. The Balaban J connectivity index is 1.31. The molecule has 1 aliphatic rings. The van der Waals surface area contributed by atoms with Crippen molar-refractivity contribution < 1.29 is 18.7 Å². The summed E-state index contributed by atoms with van der Waals surface area (Å²) in [5.74, 6) is 1.47. The zero-order chi connectivity index (χ0) is 23.2. The van der Waals surface area contributed by atoms with Crippen molar-refractivity contribution in [1.82, 2.24) is 20.0 Å². The minimum Gasteiger partial charge on any atom is -0.497 e. The van der Waals surface area contributed by atoms with Gasteiger partial charge in [-0.2, -0.15) is 0 Å². The van der Waals surface area contributed by atoms with Crippen molar-refractivity contribution >= 4 is 17.6 Å².